The lowest BCUT2D eigenvalue weighted by molar-refractivity contribution is -0.137. The van der Waals surface area contributed by atoms with Crippen molar-refractivity contribution in [1.29, 1.82) is 5.26 Å². The number of halogens is 3. The Morgan fingerprint density at radius 1 is 1.16 bits per heavy atom. The third kappa shape index (κ3) is 4.87. The van der Waals surface area contributed by atoms with Gasteiger partial charge in [0.15, 0.2) is 0 Å². The predicted octanol–water partition coefficient (Wildman–Crippen LogP) is 2.05. The molecule has 0 aliphatic carbocycles. The number of amides is 3. The van der Waals surface area contributed by atoms with Crippen molar-refractivity contribution in [2.24, 2.45) is 0 Å². The van der Waals surface area contributed by atoms with Gasteiger partial charge in [-0.25, -0.2) is 9.69 Å². The van der Waals surface area contributed by atoms with E-state index in [0.717, 1.165) is 43.7 Å². The number of anilines is 1. The summed E-state index contributed by atoms with van der Waals surface area (Å²) in [6.07, 6.45) is -4.79. The summed E-state index contributed by atoms with van der Waals surface area (Å²) in [6.45, 7) is 8.38. The molecule has 8 nitrogen and oxygen atoms in total. The van der Waals surface area contributed by atoms with Gasteiger partial charge in [-0.2, -0.15) is 18.4 Å². The van der Waals surface area contributed by atoms with Crippen molar-refractivity contribution in [2.75, 3.05) is 57.4 Å². The summed E-state index contributed by atoms with van der Waals surface area (Å²) in [5, 5.41) is 12.2. The number of piperazine rings is 1. The topological polar surface area (TPSA) is 88.9 Å². The third-order valence-electron chi connectivity index (χ3n) is 5.73. The largest absolute Gasteiger partial charge is 0.417 e. The number of benzene rings is 1. The number of hydrogen-bond acceptors (Lipinski definition) is 6. The molecule has 2 aliphatic heterocycles. The van der Waals surface area contributed by atoms with E-state index in [1.807, 2.05) is 0 Å². The maximum atomic E-state index is 13.3. The molecule has 3 amide bonds. The predicted molar refractivity (Wildman–Crippen MR) is 110 cm³/mol. The average molecular weight is 453 g/mol. The Bertz CT molecular complexity index is 907. The molecule has 174 valence electrons. The molecule has 2 aliphatic rings. The highest BCUT2D eigenvalue weighted by Gasteiger charge is 2.52. The number of alkyl halides is 3. The Hall–Kier alpha value is -2.68. The van der Waals surface area contributed by atoms with E-state index < -0.39 is 34.8 Å². The van der Waals surface area contributed by atoms with Crippen LogP contribution in [-0.4, -0.2) is 79.8 Å². The summed E-state index contributed by atoms with van der Waals surface area (Å²) in [6, 6.07) is 3.57. The first kappa shape index (κ1) is 24.0. The fourth-order valence-electron chi connectivity index (χ4n) is 3.83. The number of imide groups is 1. The first-order valence-corrected chi connectivity index (χ1v) is 10.4. The van der Waals surface area contributed by atoms with Gasteiger partial charge in [-0.3, -0.25) is 9.69 Å². The van der Waals surface area contributed by atoms with Crippen LogP contribution in [-0.2, 0) is 15.7 Å². The van der Waals surface area contributed by atoms with E-state index in [1.165, 1.54) is 17.0 Å². The zero-order valence-electron chi connectivity index (χ0n) is 18.0. The maximum Gasteiger partial charge on any atom is 0.417 e. The van der Waals surface area contributed by atoms with Crippen LogP contribution in [0.4, 0.5) is 23.7 Å². The van der Waals surface area contributed by atoms with Gasteiger partial charge in [0, 0.05) is 39.3 Å². The number of rotatable bonds is 7. The summed E-state index contributed by atoms with van der Waals surface area (Å²) in [4.78, 5) is 30.2. The van der Waals surface area contributed by atoms with Gasteiger partial charge in [-0.05, 0) is 32.0 Å². The molecule has 2 saturated heterocycles. The molecule has 0 spiro atoms. The molecule has 0 atom stereocenters. The van der Waals surface area contributed by atoms with Crippen LogP contribution in [0, 0.1) is 11.3 Å². The molecular formula is C21H26F3N5O3. The van der Waals surface area contributed by atoms with E-state index in [4.69, 9.17) is 10.00 Å². The average Bonchev–Trinajstić information content (AvgIpc) is 2.92. The van der Waals surface area contributed by atoms with E-state index in [1.54, 1.807) is 13.8 Å². The molecule has 0 bridgehead atoms. The molecule has 2 heterocycles. The second-order valence-electron chi connectivity index (χ2n) is 8.18. The van der Waals surface area contributed by atoms with Gasteiger partial charge in [0.25, 0.3) is 5.91 Å². The van der Waals surface area contributed by atoms with Gasteiger partial charge in [0.2, 0.25) is 0 Å². The van der Waals surface area contributed by atoms with E-state index >= 15 is 0 Å². The first-order chi connectivity index (χ1) is 15.1. The number of urea groups is 1. The van der Waals surface area contributed by atoms with Crippen LogP contribution in [0.1, 0.15) is 25.0 Å². The molecule has 0 radical (unpaired) electrons. The highest BCUT2D eigenvalue weighted by molar-refractivity contribution is 6.23. The van der Waals surface area contributed by atoms with E-state index in [9.17, 15) is 22.8 Å². The molecule has 1 N–H and O–H groups in total. The van der Waals surface area contributed by atoms with Crippen LogP contribution >= 0.6 is 0 Å². The van der Waals surface area contributed by atoms with Crippen LogP contribution in [0.3, 0.4) is 0 Å². The third-order valence-corrected chi connectivity index (χ3v) is 5.73. The van der Waals surface area contributed by atoms with Crippen LogP contribution in [0.15, 0.2) is 18.2 Å². The molecule has 11 heteroatoms. The van der Waals surface area contributed by atoms with E-state index in [0.29, 0.717) is 12.7 Å². The molecule has 0 unspecified atom stereocenters. The molecule has 0 saturated carbocycles. The van der Waals surface area contributed by atoms with Crippen molar-refractivity contribution in [3.8, 4) is 6.07 Å². The molecular weight excluding hydrogens is 427 g/mol. The molecule has 3 rings (SSSR count). The standard InChI is InChI=1S/C21H26F3N5O3/c1-20(2)18(30)29(16-4-3-15(14-25)17(13-16)21(22,23)24)19(31)28(20)10-12-32-11-9-27-7-5-26-6-8-27/h3-4,13,26H,5-12H2,1-2H3. The zero-order valence-corrected chi connectivity index (χ0v) is 18.0. The van der Waals surface area contributed by atoms with Gasteiger partial charge in [-0.1, -0.05) is 0 Å². The van der Waals surface area contributed by atoms with E-state index in [2.05, 4.69) is 10.2 Å². The monoisotopic (exact) mass is 453 g/mol. The smallest absolute Gasteiger partial charge is 0.378 e. The second kappa shape index (κ2) is 9.44. The Morgan fingerprint density at radius 3 is 2.44 bits per heavy atom. The Labute approximate surface area is 184 Å². The number of carbonyl (C=O) groups excluding carboxylic acids is 2. The summed E-state index contributed by atoms with van der Waals surface area (Å²) in [5.74, 6) is -0.638. The number of nitriles is 1. The Balaban J connectivity index is 1.68. The molecule has 1 aromatic carbocycles. The van der Waals surface area contributed by atoms with Crippen LogP contribution in [0.2, 0.25) is 0 Å². The van der Waals surface area contributed by atoms with E-state index in [-0.39, 0.29) is 18.8 Å². The van der Waals surface area contributed by atoms with Gasteiger partial charge >= 0.3 is 12.2 Å². The Morgan fingerprint density at radius 2 is 1.81 bits per heavy atom. The summed E-state index contributed by atoms with van der Waals surface area (Å²) in [7, 11) is 0. The fraction of sp³-hybridized carbons (Fsp3) is 0.571. The highest BCUT2D eigenvalue weighted by Crippen LogP contribution is 2.37. The lowest BCUT2D eigenvalue weighted by atomic mass is 10.0. The summed E-state index contributed by atoms with van der Waals surface area (Å²) < 4.78 is 45.6. The van der Waals surface area contributed by atoms with Crippen molar-refractivity contribution < 1.29 is 27.5 Å². The van der Waals surface area contributed by atoms with Crippen molar-refractivity contribution in [3.05, 3.63) is 29.3 Å². The maximum absolute atomic E-state index is 13.3. The minimum Gasteiger partial charge on any atom is -0.378 e. The first-order valence-electron chi connectivity index (χ1n) is 10.4. The summed E-state index contributed by atoms with van der Waals surface area (Å²) in [5.41, 5.74) is -3.23. The molecule has 1 aromatic rings. The quantitative estimate of drug-likeness (QED) is 0.502. The zero-order chi connectivity index (χ0) is 23.5. The van der Waals surface area contributed by atoms with Crippen molar-refractivity contribution in [2.45, 2.75) is 25.6 Å². The normalized spacial score (nSPS) is 19.5. The van der Waals surface area contributed by atoms with Crippen molar-refractivity contribution in [1.82, 2.24) is 15.1 Å². The fourth-order valence-corrected chi connectivity index (χ4v) is 3.83. The lowest BCUT2D eigenvalue weighted by Gasteiger charge is -2.28. The minimum absolute atomic E-state index is 0.123. The highest BCUT2D eigenvalue weighted by atomic mass is 19.4. The number of carbonyl (C=O) groups is 2. The lowest BCUT2D eigenvalue weighted by Crippen LogP contribution is -2.46. The van der Waals surface area contributed by atoms with Gasteiger partial charge in [0.1, 0.15) is 5.54 Å². The molecule has 2 fully saturated rings. The minimum atomic E-state index is -4.79. The van der Waals surface area contributed by atoms with Crippen molar-refractivity contribution in [3.63, 3.8) is 0 Å². The summed E-state index contributed by atoms with van der Waals surface area (Å²) >= 11 is 0. The second-order valence-corrected chi connectivity index (χ2v) is 8.18. The van der Waals surface area contributed by atoms with Crippen LogP contribution in [0.25, 0.3) is 0 Å². The number of hydrogen-bond donors (Lipinski definition) is 1. The SMILES string of the molecule is CC1(C)C(=O)N(c2ccc(C#N)c(C(F)(F)F)c2)C(=O)N1CCOCCN1CCNCC1. The molecule has 0 aromatic heterocycles. The number of ether oxygens (including phenoxy) is 1. The van der Waals surface area contributed by atoms with Gasteiger partial charge in [0.05, 0.1) is 36.1 Å². The Kier molecular flexibility index (Phi) is 7.07. The van der Waals surface area contributed by atoms with Gasteiger partial charge in [-0.15, -0.1) is 0 Å². The van der Waals surface area contributed by atoms with Crippen molar-refractivity contribution >= 4 is 17.6 Å². The van der Waals surface area contributed by atoms with Crippen LogP contribution < -0.4 is 10.2 Å². The number of nitrogens with one attached hydrogen (secondary N) is 1. The van der Waals surface area contributed by atoms with Crippen LogP contribution in [0.5, 0.6) is 0 Å². The van der Waals surface area contributed by atoms with Gasteiger partial charge < -0.3 is 15.0 Å². The molecule has 32 heavy (non-hydrogen) atoms. The number of nitrogens with zero attached hydrogens (tertiary/aromatic N) is 4.